The number of aromatic amines is 1. The van der Waals surface area contributed by atoms with Gasteiger partial charge in [-0.15, -0.1) is 11.3 Å². The number of aryl methyl sites for hydroxylation is 2. The van der Waals surface area contributed by atoms with Gasteiger partial charge in [0.2, 0.25) is 5.78 Å². The molecule has 0 saturated carbocycles. The van der Waals surface area contributed by atoms with E-state index in [2.05, 4.69) is 30.1 Å². The van der Waals surface area contributed by atoms with Gasteiger partial charge in [-0.2, -0.15) is 11.8 Å². The molecule has 0 saturated heterocycles. The quantitative estimate of drug-likeness (QED) is 0.704. The Labute approximate surface area is 131 Å². The number of rotatable bonds is 2. The van der Waals surface area contributed by atoms with E-state index in [0.717, 1.165) is 33.5 Å². The second-order valence-corrected chi connectivity index (χ2v) is 7.68. The molecule has 3 heterocycles. The van der Waals surface area contributed by atoms with Crippen molar-refractivity contribution in [2.75, 3.05) is 5.75 Å². The second kappa shape index (κ2) is 5.04. The zero-order chi connectivity index (χ0) is 14.4. The van der Waals surface area contributed by atoms with Crippen LogP contribution in [0.15, 0.2) is 30.5 Å². The lowest BCUT2D eigenvalue weighted by Gasteiger charge is -2.08. The molecule has 0 spiro atoms. The first-order valence-electron chi connectivity index (χ1n) is 7.04. The molecule has 106 valence electrons. The van der Waals surface area contributed by atoms with Crippen LogP contribution in [0.25, 0.3) is 10.9 Å². The molecule has 0 atom stereocenters. The monoisotopic (exact) mass is 313 g/mol. The first-order valence-corrected chi connectivity index (χ1v) is 9.01. The van der Waals surface area contributed by atoms with Crippen LogP contribution in [-0.4, -0.2) is 16.5 Å². The summed E-state index contributed by atoms with van der Waals surface area (Å²) in [6, 6.07) is 8.28. The van der Waals surface area contributed by atoms with E-state index in [1.165, 1.54) is 21.8 Å². The molecule has 4 heteroatoms. The average Bonchev–Trinajstić information content (AvgIpc) is 3.09. The molecule has 0 radical (unpaired) electrons. The molecule has 1 aliphatic rings. The highest BCUT2D eigenvalue weighted by atomic mass is 32.2. The summed E-state index contributed by atoms with van der Waals surface area (Å²) in [4.78, 5) is 18.3. The van der Waals surface area contributed by atoms with Crippen molar-refractivity contribution in [3.8, 4) is 0 Å². The number of hydrogen-bond donors (Lipinski definition) is 1. The molecule has 0 fully saturated rings. The Hall–Kier alpha value is -1.52. The van der Waals surface area contributed by atoms with Gasteiger partial charge in [-0.3, -0.25) is 4.79 Å². The highest BCUT2D eigenvalue weighted by molar-refractivity contribution is 7.98. The number of H-pyrrole nitrogens is 1. The minimum atomic E-state index is 0.148. The highest BCUT2D eigenvalue weighted by Gasteiger charge is 2.20. The summed E-state index contributed by atoms with van der Waals surface area (Å²) in [6.45, 7) is 2.06. The lowest BCUT2D eigenvalue weighted by atomic mass is 10.1. The second-order valence-electron chi connectivity index (χ2n) is 5.44. The van der Waals surface area contributed by atoms with Gasteiger partial charge in [-0.1, -0.05) is 12.1 Å². The van der Waals surface area contributed by atoms with Crippen LogP contribution in [0.1, 0.15) is 31.2 Å². The predicted molar refractivity (Wildman–Crippen MR) is 90.7 cm³/mol. The number of nitrogens with one attached hydrogen (secondary N) is 1. The fourth-order valence-electron chi connectivity index (χ4n) is 2.82. The van der Waals surface area contributed by atoms with E-state index in [9.17, 15) is 4.79 Å². The van der Waals surface area contributed by atoms with Crippen molar-refractivity contribution in [3.05, 3.63) is 56.9 Å². The Morgan fingerprint density at radius 1 is 1.29 bits per heavy atom. The van der Waals surface area contributed by atoms with Gasteiger partial charge in [0.1, 0.15) is 0 Å². The summed E-state index contributed by atoms with van der Waals surface area (Å²) < 4.78 is 0. The van der Waals surface area contributed by atoms with Crippen LogP contribution in [0, 0.1) is 6.92 Å². The Morgan fingerprint density at radius 3 is 3.05 bits per heavy atom. The van der Waals surface area contributed by atoms with Crippen LogP contribution < -0.4 is 0 Å². The van der Waals surface area contributed by atoms with Crippen molar-refractivity contribution in [3.63, 3.8) is 0 Å². The lowest BCUT2D eigenvalue weighted by Crippen LogP contribution is -1.97. The number of hydrogen-bond acceptors (Lipinski definition) is 3. The number of thioether (sulfide) groups is 1. The van der Waals surface area contributed by atoms with Crippen molar-refractivity contribution >= 4 is 39.8 Å². The number of carbonyl (C=O) groups excluding carboxylic acids is 1. The van der Waals surface area contributed by atoms with Gasteiger partial charge in [0.15, 0.2) is 0 Å². The molecule has 0 bridgehead atoms. The van der Waals surface area contributed by atoms with Gasteiger partial charge in [0.25, 0.3) is 0 Å². The fourth-order valence-corrected chi connectivity index (χ4v) is 5.15. The van der Waals surface area contributed by atoms with E-state index in [-0.39, 0.29) is 5.78 Å². The van der Waals surface area contributed by atoms with Gasteiger partial charge < -0.3 is 4.98 Å². The van der Waals surface area contributed by atoms with Crippen LogP contribution in [0.2, 0.25) is 0 Å². The zero-order valence-corrected chi connectivity index (χ0v) is 13.4. The van der Waals surface area contributed by atoms with Gasteiger partial charge in [-0.25, -0.2) is 0 Å². The van der Waals surface area contributed by atoms with Gasteiger partial charge in [-0.05, 0) is 42.4 Å². The summed E-state index contributed by atoms with van der Waals surface area (Å²) in [7, 11) is 0. The van der Waals surface area contributed by atoms with E-state index < -0.39 is 0 Å². The Morgan fingerprint density at radius 2 is 2.19 bits per heavy atom. The molecule has 3 aromatic rings. The topological polar surface area (TPSA) is 32.9 Å². The van der Waals surface area contributed by atoms with Crippen LogP contribution in [-0.2, 0) is 12.2 Å². The van der Waals surface area contributed by atoms with Crippen molar-refractivity contribution in [1.29, 1.82) is 0 Å². The van der Waals surface area contributed by atoms with Crippen LogP contribution in [0.5, 0.6) is 0 Å². The standard InChI is InChI=1S/C17H15NOS2/c1-10-2-3-12-13(8-18-14(12)6-10)17(19)16-7-11-9-20-5-4-15(11)21-16/h2-3,6-8,18H,4-5,9H2,1H3. The molecule has 21 heavy (non-hydrogen) atoms. The van der Waals surface area contributed by atoms with Gasteiger partial charge in [0.05, 0.1) is 4.88 Å². The fraction of sp³-hybridized carbons (Fsp3) is 0.235. The maximum absolute atomic E-state index is 12.8. The maximum atomic E-state index is 12.8. The molecule has 1 aromatic carbocycles. The molecule has 0 amide bonds. The minimum absolute atomic E-state index is 0.148. The third-order valence-corrected chi connectivity index (χ3v) is 6.18. The van der Waals surface area contributed by atoms with E-state index in [0.29, 0.717) is 0 Å². The molecule has 0 aliphatic carbocycles. The van der Waals surface area contributed by atoms with E-state index in [4.69, 9.17) is 0 Å². The van der Waals surface area contributed by atoms with Crippen LogP contribution >= 0.6 is 23.1 Å². The van der Waals surface area contributed by atoms with E-state index in [1.807, 2.05) is 24.0 Å². The molecular weight excluding hydrogens is 298 g/mol. The summed E-state index contributed by atoms with van der Waals surface area (Å²) >= 11 is 3.63. The summed E-state index contributed by atoms with van der Waals surface area (Å²) in [6.07, 6.45) is 2.95. The molecule has 1 N–H and O–H groups in total. The number of fused-ring (bicyclic) bond motifs is 2. The molecule has 4 rings (SSSR count). The summed E-state index contributed by atoms with van der Waals surface area (Å²) in [5.74, 6) is 2.37. The van der Waals surface area contributed by atoms with Crippen LogP contribution in [0.3, 0.4) is 0 Å². The number of aromatic nitrogens is 1. The lowest BCUT2D eigenvalue weighted by molar-refractivity contribution is 0.104. The Kier molecular flexibility index (Phi) is 3.16. The van der Waals surface area contributed by atoms with Crippen molar-refractivity contribution in [1.82, 2.24) is 4.98 Å². The molecule has 1 aliphatic heterocycles. The highest BCUT2D eigenvalue weighted by Crippen LogP contribution is 2.33. The van der Waals surface area contributed by atoms with Crippen LogP contribution in [0.4, 0.5) is 0 Å². The third-order valence-electron chi connectivity index (χ3n) is 3.93. The first kappa shape index (κ1) is 13.2. The summed E-state index contributed by atoms with van der Waals surface area (Å²) in [5, 5.41) is 1.02. The van der Waals surface area contributed by atoms with Gasteiger partial charge >= 0.3 is 0 Å². The maximum Gasteiger partial charge on any atom is 0.205 e. The summed E-state index contributed by atoms with van der Waals surface area (Å²) in [5.41, 5.74) is 4.38. The van der Waals surface area contributed by atoms with Crippen molar-refractivity contribution in [2.45, 2.75) is 19.1 Å². The molecule has 2 aromatic heterocycles. The normalized spacial score (nSPS) is 14.3. The largest absolute Gasteiger partial charge is 0.360 e. The van der Waals surface area contributed by atoms with Crippen molar-refractivity contribution < 1.29 is 4.79 Å². The Bertz CT molecular complexity index is 820. The number of benzene rings is 1. The molecule has 0 unspecified atom stereocenters. The molecule has 2 nitrogen and oxygen atoms in total. The first-order chi connectivity index (χ1) is 10.2. The molecular formula is C17H15NOS2. The van der Waals surface area contributed by atoms with E-state index >= 15 is 0 Å². The van der Waals surface area contributed by atoms with Gasteiger partial charge in [0, 0.05) is 33.3 Å². The predicted octanol–water partition coefficient (Wildman–Crippen LogP) is 4.56. The number of carbonyl (C=O) groups is 1. The smallest absolute Gasteiger partial charge is 0.205 e. The third kappa shape index (κ3) is 2.23. The Balaban J connectivity index is 1.77. The van der Waals surface area contributed by atoms with E-state index in [1.54, 1.807) is 11.3 Å². The number of ketones is 1. The van der Waals surface area contributed by atoms with Crippen molar-refractivity contribution in [2.24, 2.45) is 0 Å². The zero-order valence-electron chi connectivity index (χ0n) is 11.7. The SMILES string of the molecule is Cc1ccc2c(C(=O)c3cc4c(s3)CCSC4)c[nH]c2c1. The average molecular weight is 313 g/mol. The number of thiophene rings is 1. The minimum Gasteiger partial charge on any atom is -0.360 e.